The van der Waals surface area contributed by atoms with Crippen LogP contribution in [0.15, 0.2) is 17.0 Å². The van der Waals surface area contributed by atoms with Crippen molar-refractivity contribution in [2.75, 3.05) is 12.3 Å². The number of hydrogen-bond donors (Lipinski definition) is 2. The Labute approximate surface area is 106 Å². The van der Waals surface area contributed by atoms with Gasteiger partial charge in [0.15, 0.2) is 0 Å². The summed E-state index contributed by atoms with van der Waals surface area (Å²) in [5.41, 5.74) is 5.69. The first-order valence-corrected chi connectivity index (χ1v) is 7.27. The molecule has 0 atom stereocenters. The molecule has 1 aliphatic rings. The molecule has 4 nitrogen and oxygen atoms in total. The van der Waals surface area contributed by atoms with Crippen LogP contribution in [0.4, 0.5) is 10.1 Å². The van der Waals surface area contributed by atoms with Crippen LogP contribution in [0, 0.1) is 18.2 Å². The van der Waals surface area contributed by atoms with Gasteiger partial charge < -0.3 is 5.73 Å². The van der Waals surface area contributed by atoms with Crippen LogP contribution < -0.4 is 10.5 Å². The molecular formula is C12H17FN2O2S. The van der Waals surface area contributed by atoms with E-state index < -0.39 is 15.8 Å². The molecule has 0 amide bonds. The fourth-order valence-corrected chi connectivity index (χ4v) is 3.15. The molecule has 0 unspecified atom stereocenters. The normalized spacial score (nSPS) is 17.7. The van der Waals surface area contributed by atoms with Gasteiger partial charge in [0.2, 0.25) is 10.0 Å². The number of aryl methyl sites for hydroxylation is 1. The molecule has 0 aromatic heterocycles. The van der Waals surface area contributed by atoms with Crippen molar-refractivity contribution in [1.29, 1.82) is 0 Å². The number of rotatable bonds is 4. The van der Waals surface area contributed by atoms with Crippen LogP contribution in [0.5, 0.6) is 0 Å². The highest BCUT2D eigenvalue weighted by molar-refractivity contribution is 7.89. The molecule has 1 aliphatic carbocycles. The Morgan fingerprint density at radius 1 is 1.44 bits per heavy atom. The second-order valence-electron chi connectivity index (χ2n) is 5.27. The lowest BCUT2D eigenvalue weighted by Crippen LogP contribution is -2.29. The lowest BCUT2D eigenvalue weighted by molar-refractivity contribution is 0.530. The van der Waals surface area contributed by atoms with Gasteiger partial charge in [0.25, 0.3) is 0 Å². The number of nitrogen functional groups attached to an aromatic ring is 1. The zero-order valence-corrected chi connectivity index (χ0v) is 11.3. The molecule has 100 valence electrons. The molecule has 0 bridgehead atoms. The van der Waals surface area contributed by atoms with Crippen LogP contribution in [-0.4, -0.2) is 15.0 Å². The Hall–Kier alpha value is -1.14. The maximum Gasteiger partial charge on any atom is 0.240 e. The summed E-state index contributed by atoms with van der Waals surface area (Å²) in [4.78, 5) is 0.0469. The van der Waals surface area contributed by atoms with E-state index >= 15 is 0 Å². The molecular weight excluding hydrogens is 255 g/mol. The molecule has 3 N–H and O–H groups in total. The summed E-state index contributed by atoms with van der Waals surface area (Å²) in [6.07, 6.45) is 2.06. The minimum atomic E-state index is -3.62. The number of benzene rings is 1. The summed E-state index contributed by atoms with van der Waals surface area (Å²) in [5.74, 6) is -0.597. The van der Waals surface area contributed by atoms with E-state index in [1.165, 1.54) is 6.07 Å². The quantitative estimate of drug-likeness (QED) is 0.821. The highest BCUT2D eigenvalue weighted by Crippen LogP contribution is 2.44. The standard InChI is InChI=1S/C12H17FN2O2S/c1-8-5-9(13)10(14)6-11(8)18(16,17)15-7-12(2)3-4-12/h5-6,15H,3-4,7,14H2,1-2H3. The van der Waals surface area contributed by atoms with Crippen molar-refractivity contribution < 1.29 is 12.8 Å². The molecule has 2 rings (SSSR count). The van der Waals surface area contributed by atoms with E-state index in [1.807, 2.05) is 6.92 Å². The van der Waals surface area contributed by atoms with E-state index in [4.69, 9.17) is 5.73 Å². The van der Waals surface area contributed by atoms with Gasteiger partial charge in [-0.3, -0.25) is 0 Å². The number of nitrogens with one attached hydrogen (secondary N) is 1. The summed E-state index contributed by atoms with van der Waals surface area (Å²) < 4.78 is 40.0. The summed E-state index contributed by atoms with van der Waals surface area (Å²) in [6, 6.07) is 2.31. The number of sulfonamides is 1. The zero-order chi connectivity index (χ0) is 13.6. The molecule has 1 saturated carbocycles. The fraction of sp³-hybridized carbons (Fsp3) is 0.500. The molecule has 18 heavy (non-hydrogen) atoms. The first kappa shape index (κ1) is 13.3. The molecule has 1 aromatic rings. The van der Waals surface area contributed by atoms with Crippen molar-refractivity contribution in [3.63, 3.8) is 0 Å². The van der Waals surface area contributed by atoms with Gasteiger partial charge in [-0.2, -0.15) is 0 Å². The summed E-state index contributed by atoms with van der Waals surface area (Å²) >= 11 is 0. The van der Waals surface area contributed by atoms with E-state index in [2.05, 4.69) is 4.72 Å². The predicted molar refractivity (Wildman–Crippen MR) is 68.1 cm³/mol. The van der Waals surface area contributed by atoms with Gasteiger partial charge in [-0.15, -0.1) is 0 Å². The maximum absolute atomic E-state index is 13.2. The van der Waals surface area contributed by atoms with Gasteiger partial charge in [0.05, 0.1) is 10.6 Å². The Kier molecular flexibility index (Phi) is 3.11. The van der Waals surface area contributed by atoms with Gasteiger partial charge in [-0.25, -0.2) is 17.5 Å². The van der Waals surface area contributed by atoms with Crippen LogP contribution >= 0.6 is 0 Å². The average Bonchev–Trinajstić information content (AvgIpc) is 3.00. The predicted octanol–water partition coefficient (Wildman–Crippen LogP) is 1.79. The van der Waals surface area contributed by atoms with Gasteiger partial charge in [0, 0.05) is 6.54 Å². The largest absolute Gasteiger partial charge is 0.396 e. The van der Waals surface area contributed by atoms with Gasteiger partial charge in [0.1, 0.15) is 5.82 Å². The molecule has 0 aliphatic heterocycles. The molecule has 0 heterocycles. The van der Waals surface area contributed by atoms with Gasteiger partial charge in [-0.05, 0) is 42.9 Å². The first-order valence-electron chi connectivity index (χ1n) is 5.79. The van der Waals surface area contributed by atoms with Crippen LogP contribution in [0.3, 0.4) is 0 Å². The summed E-state index contributed by atoms with van der Waals surface area (Å²) in [7, 11) is -3.62. The minimum Gasteiger partial charge on any atom is -0.396 e. The van der Waals surface area contributed by atoms with E-state index in [-0.39, 0.29) is 16.0 Å². The van der Waals surface area contributed by atoms with E-state index in [9.17, 15) is 12.8 Å². The Balaban J connectivity index is 2.26. The van der Waals surface area contributed by atoms with Gasteiger partial charge in [-0.1, -0.05) is 6.92 Å². The number of hydrogen-bond acceptors (Lipinski definition) is 3. The smallest absolute Gasteiger partial charge is 0.240 e. The molecule has 0 saturated heterocycles. The molecule has 6 heteroatoms. The SMILES string of the molecule is Cc1cc(F)c(N)cc1S(=O)(=O)NCC1(C)CC1. The monoisotopic (exact) mass is 272 g/mol. The zero-order valence-electron chi connectivity index (χ0n) is 10.5. The van der Waals surface area contributed by atoms with Crippen molar-refractivity contribution >= 4 is 15.7 Å². The number of nitrogens with two attached hydrogens (primary N) is 1. The average molecular weight is 272 g/mol. The van der Waals surface area contributed by atoms with Crippen LogP contribution in [0.1, 0.15) is 25.3 Å². The lowest BCUT2D eigenvalue weighted by atomic mass is 10.2. The Morgan fingerprint density at radius 3 is 2.61 bits per heavy atom. The minimum absolute atomic E-state index is 0.0469. The fourth-order valence-electron chi connectivity index (χ4n) is 1.70. The highest BCUT2D eigenvalue weighted by Gasteiger charge is 2.38. The third-order valence-corrected chi connectivity index (χ3v) is 4.92. The van der Waals surface area contributed by atoms with Crippen molar-refractivity contribution in [3.05, 3.63) is 23.5 Å². The molecule has 0 spiro atoms. The van der Waals surface area contributed by atoms with Crippen molar-refractivity contribution in [2.24, 2.45) is 5.41 Å². The van der Waals surface area contributed by atoms with Gasteiger partial charge >= 0.3 is 0 Å². The van der Waals surface area contributed by atoms with Crippen molar-refractivity contribution in [2.45, 2.75) is 31.6 Å². The van der Waals surface area contributed by atoms with Crippen molar-refractivity contribution in [3.8, 4) is 0 Å². The maximum atomic E-state index is 13.2. The lowest BCUT2D eigenvalue weighted by Gasteiger charge is -2.13. The van der Waals surface area contributed by atoms with E-state index in [0.717, 1.165) is 18.9 Å². The second kappa shape index (κ2) is 4.20. The number of halogens is 1. The summed E-state index contributed by atoms with van der Waals surface area (Å²) in [6.45, 7) is 3.99. The Morgan fingerprint density at radius 2 is 2.06 bits per heavy atom. The third kappa shape index (κ3) is 2.64. The number of anilines is 1. The Bertz CT molecular complexity index is 580. The molecule has 1 fully saturated rings. The summed E-state index contributed by atoms with van der Waals surface area (Å²) in [5, 5.41) is 0. The van der Waals surface area contributed by atoms with E-state index in [1.54, 1.807) is 6.92 Å². The molecule has 1 aromatic carbocycles. The van der Waals surface area contributed by atoms with Crippen LogP contribution in [0.25, 0.3) is 0 Å². The highest BCUT2D eigenvalue weighted by atomic mass is 32.2. The molecule has 0 radical (unpaired) electrons. The second-order valence-corrected chi connectivity index (χ2v) is 7.01. The van der Waals surface area contributed by atoms with Crippen LogP contribution in [-0.2, 0) is 10.0 Å². The van der Waals surface area contributed by atoms with E-state index in [0.29, 0.717) is 12.1 Å². The third-order valence-electron chi connectivity index (χ3n) is 3.38. The first-order chi connectivity index (χ1) is 8.23. The van der Waals surface area contributed by atoms with Crippen LogP contribution in [0.2, 0.25) is 0 Å². The topological polar surface area (TPSA) is 72.2 Å². The van der Waals surface area contributed by atoms with Crippen molar-refractivity contribution in [1.82, 2.24) is 4.72 Å².